The first-order valence-electron chi connectivity index (χ1n) is 10.8. The van der Waals surface area contributed by atoms with Crippen LogP contribution in [0.2, 0.25) is 0 Å². The number of benzene rings is 2. The van der Waals surface area contributed by atoms with Gasteiger partial charge in [-0.25, -0.2) is 0 Å². The Hall–Kier alpha value is -3.16. The van der Waals surface area contributed by atoms with E-state index < -0.39 is 0 Å². The summed E-state index contributed by atoms with van der Waals surface area (Å²) in [7, 11) is 0. The van der Waals surface area contributed by atoms with Gasteiger partial charge in [0.15, 0.2) is 5.58 Å². The average molecular weight is 451 g/mol. The lowest BCUT2D eigenvalue weighted by Gasteiger charge is -2.33. The zero-order valence-corrected chi connectivity index (χ0v) is 18.3. The molecule has 8 heteroatoms. The summed E-state index contributed by atoms with van der Waals surface area (Å²) < 4.78 is 5.87. The Kier molecular flexibility index (Phi) is 5.68. The van der Waals surface area contributed by atoms with Crippen LogP contribution >= 0.6 is 11.6 Å². The smallest absolute Gasteiger partial charge is 0.298 e. The topological polar surface area (TPSA) is 78.7 Å². The third-order valence-corrected chi connectivity index (χ3v) is 6.30. The number of para-hydroxylation sites is 2. The van der Waals surface area contributed by atoms with Crippen LogP contribution in [0.15, 0.2) is 63.7 Å². The number of carbonyl (C=O) groups is 2. The molecule has 1 aliphatic carbocycles. The summed E-state index contributed by atoms with van der Waals surface area (Å²) in [4.78, 5) is 34.3. The molecule has 1 fully saturated rings. The number of carbonyl (C=O) groups excluding carboxylic acids is 2. The van der Waals surface area contributed by atoms with Gasteiger partial charge < -0.3 is 14.6 Å². The first-order valence-corrected chi connectivity index (χ1v) is 11.1. The molecule has 0 unspecified atom stereocenters. The van der Waals surface area contributed by atoms with Gasteiger partial charge in [-0.05, 0) is 25.1 Å². The summed E-state index contributed by atoms with van der Waals surface area (Å²) >= 11 is 6.20. The van der Waals surface area contributed by atoms with Crippen molar-refractivity contribution in [1.82, 2.24) is 15.2 Å². The van der Waals surface area contributed by atoms with Crippen molar-refractivity contribution in [1.29, 1.82) is 0 Å². The van der Waals surface area contributed by atoms with Crippen LogP contribution in [0, 0.1) is 0 Å². The molecule has 0 amide bonds. The van der Waals surface area contributed by atoms with Gasteiger partial charge in [0.1, 0.15) is 16.2 Å². The molecule has 2 aromatic carbocycles. The SMILES string of the molecule is O=C1C(Cl)=C(NCCCN2CCN(c3nc4ccccc4o3)CC2)C(=O)c2ccccc21. The Morgan fingerprint density at radius 2 is 1.62 bits per heavy atom. The molecule has 3 aromatic rings. The van der Waals surface area contributed by atoms with Gasteiger partial charge >= 0.3 is 0 Å². The predicted molar refractivity (Wildman–Crippen MR) is 123 cm³/mol. The van der Waals surface area contributed by atoms with E-state index in [4.69, 9.17) is 16.0 Å². The number of oxazole rings is 1. The standard InChI is InChI=1S/C24H23ClN4O3/c25-20-21(23(31)17-7-2-1-6-16(17)22(20)30)26-10-5-11-28-12-14-29(15-13-28)24-27-18-8-3-4-9-19(18)32-24/h1-4,6-9,26H,5,10-15H2. The van der Waals surface area contributed by atoms with Crippen molar-refractivity contribution >= 4 is 40.3 Å². The molecule has 0 radical (unpaired) electrons. The number of rotatable bonds is 6. The van der Waals surface area contributed by atoms with Crippen molar-refractivity contribution in [3.63, 3.8) is 0 Å². The van der Waals surface area contributed by atoms with Gasteiger partial charge in [0.05, 0.1) is 0 Å². The highest BCUT2D eigenvalue weighted by atomic mass is 35.5. The molecule has 1 N–H and O–H groups in total. The molecule has 164 valence electrons. The second-order valence-electron chi connectivity index (χ2n) is 7.97. The molecule has 0 atom stereocenters. The van der Waals surface area contributed by atoms with Crippen molar-refractivity contribution in [2.75, 3.05) is 44.2 Å². The molecule has 1 aliphatic heterocycles. The van der Waals surface area contributed by atoms with Crippen molar-refractivity contribution in [3.8, 4) is 0 Å². The number of Topliss-reactive ketones (excluding diaryl/α,β-unsaturated/α-hetero) is 2. The first kappa shape index (κ1) is 20.7. The van der Waals surface area contributed by atoms with Gasteiger partial charge in [-0.3, -0.25) is 14.5 Å². The highest BCUT2D eigenvalue weighted by Crippen LogP contribution is 2.27. The molecule has 2 aliphatic rings. The summed E-state index contributed by atoms with van der Waals surface area (Å²) in [6, 6.07) is 15.2. The molecule has 0 bridgehead atoms. The van der Waals surface area contributed by atoms with Crippen LogP contribution in [0.5, 0.6) is 0 Å². The van der Waals surface area contributed by atoms with Crippen LogP contribution < -0.4 is 10.2 Å². The number of allylic oxidation sites excluding steroid dienone is 2. The molecule has 7 nitrogen and oxygen atoms in total. The summed E-state index contributed by atoms with van der Waals surface area (Å²) in [5.41, 5.74) is 2.66. The maximum absolute atomic E-state index is 12.7. The zero-order valence-electron chi connectivity index (χ0n) is 17.5. The minimum atomic E-state index is -0.306. The highest BCUT2D eigenvalue weighted by Gasteiger charge is 2.31. The van der Waals surface area contributed by atoms with Gasteiger partial charge in [0.25, 0.3) is 6.01 Å². The van der Waals surface area contributed by atoms with Gasteiger partial charge in [0.2, 0.25) is 11.6 Å². The van der Waals surface area contributed by atoms with Crippen LogP contribution in [-0.4, -0.2) is 60.7 Å². The fourth-order valence-electron chi connectivity index (χ4n) is 4.18. The summed E-state index contributed by atoms with van der Waals surface area (Å²) in [6.45, 7) is 4.97. The Labute approximate surface area is 190 Å². The summed E-state index contributed by atoms with van der Waals surface area (Å²) in [6.07, 6.45) is 0.833. The van der Waals surface area contributed by atoms with Gasteiger partial charge in [0, 0.05) is 43.9 Å². The lowest BCUT2D eigenvalue weighted by molar-refractivity contribution is 0.0974. The molecule has 32 heavy (non-hydrogen) atoms. The molecule has 0 spiro atoms. The number of hydrogen-bond acceptors (Lipinski definition) is 7. The highest BCUT2D eigenvalue weighted by molar-refractivity contribution is 6.49. The van der Waals surface area contributed by atoms with E-state index in [9.17, 15) is 9.59 Å². The van der Waals surface area contributed by atoms with E-state index in [1.807, 2.05) is 24.3 Å². The fourth-order valence-corrected chi connectivity index (χ4v) is 4.43. The number of anilines is 1. The number of halogens is 1. The summed E-state index contributed by atoms with van der Waals surface area (Å²) in [5, 5.41) is 3.07. The van der Waals surface area contributed by atoms with Crippen molar-refractivity contribution in [3.05, 3.63) is 70.4 Å². The lowest BCUT2D eigenvalue weighted by Crippen LogP contribution is -2.47. The number of fused-ring (bicyclic) bond motifs is 2. The van der Waals surface area contributed by atoms with E-state index in [0.717, 1.165) is 50.2 Å². The number of ketones is 2. The van der Waals surface area contributed by atoms with Crippen molar-refractivity contribution in [2.24, 2.45) is 0 Å². The second kappa shape index (κ2) is 8.76. The van der Waals surface area contributed by atoms with Gasteiger partial charge in [-0.2, -0.15) is 4.98 Å². The Morgan fingerprint density at radius 3 is 2.38 bits per heavy atom. The normalized spacial score (nSPS) is 17.2. The number of piperazine rings is 1. The quantitative estimate of drug-likeness (QED) is 0.576. The third kappa shape index (κ3) is 3.89. The van der Waals surface area contributed by atoms with Crippen LogP contribution in [0.25, 0.3) is 11.1 Å². The maximum Gasteiger partial charge on any atom is 0.298 e. The minimum Gasteiger partial charge on any atom is -0.423 e. The monoisotopic (exact) mass is 450 g/mol. The number of nitrogens with one attached hydrogen (secondary N) is 1. The molecule has 1 aromatic heterocycles. The molecule has 1 saturated heterocycles. The van der Waals surface area contributed by atoms with E-state index >= 15 is 0 Å². The lowest BCUT2D eigenvalue weighted by atomic mass is 9.92. The molecule has 5 rings (SSSR count). The fraction of sp³-hybridized carbons (Fsp3) is 0.292. The molecular weight excluding hydrogens is 428 g/mol. The Balaban J connectivity index is 1.11. The van der Waals surface area contributed by atoms with Gasteiger partial charge in [-0.1, -0.05) is 48.0 Å². The number of aromatic nitrogens is 1. The molecule has 0 saturated carbocycles. The van der Waals surface area contributed by atoms with Crippen LogP contribution in [0.3, 0.4) is 0 Å². The van der Waals surface area contributed by atoms with Crippen molar-refractivity contribution in [2.45, 2.75) is 6.42 Å². The minimum absolute atomic E-state index is 0.0272. The van der Waals surface area contributed by atoms with E-state index in [0.29, 0.717) is 23.7 Å². The average Bonchev–Trinajstić information content (AvgIpc) is 3.27. The van der Waals surface area contributed by atoms with E-state index in [-0.39, 0.29) is 22.3 Å². The second-order valence-corrected chi connectivity index (χ2v) is 8.34. The molecule has 2 heterocycles. The first-order chi connectivity index (χ1) is 15.6. The zero-order chi connectivity index (χ0) is 22.1. The number of nitrogens with zero attached hydrogens (tertiary/aromatic N) is 3. The van der Waals surface area contributed by atoms with Gasteiger partial charge in [-0.15, -0.1) is 0 Å². The van der Waals surface area contributed by atoms with E-state index in [1.165, 1.54) is 0 Å². The van der Waals surface area contributed by atoms with Crippen molar-refractivity contribution < 1.29 is 14.0 Å². The largest absolute Gasteiger partial charge is 0.423 e. The summed E-state index contributed by atoms with van der Waals surface area (Å²) in [5.74, 6) is -0.531. The molecular formula is C24H23ClN4O3. The Bertz CT molecular complexity index is 1180. The number of hydrogen-bond donors (Lipinski definition) is 1. The van der Waals surface area contributed by atoms with E-state index in [2.05, 4.69) is 20.1 Å². The van der Waals surface area contributed by atoms with Crippen LogP contribution in [0.4, 0.5) is 6.01 Å². The maximum atomic E-state index is 12.7. The van der Waals surface area contributed by atoms with Crippen LogP contribution in [0.1, 0.15) is 27.1 Å². The van der Waals surface area contributed by atoms with Crippen LogP contribution in [-0.2, 0) is 0 Å². The van der Waals surface area contributed by atoms with E-state index in [1.54, 1.807) is 24.3 Å². The third-order valence-electron chi connectivity index (χ3n) is 5.94. The Morgan fingerprint density at radius 1 is 0.938 bits per heavy atom. The predicted octanol–water partition coefficient (Wildman–Crippen LogP) is 3.46.